The molecule has 0 aliphatic rings. The molecule has 2 aromatic rings. The average Bonchev–Trinajstić information content (AvgIpc) is 2.17. The average molecular weight is 222 g/mol. The maximum Gasteiger partial charge on any atom is 0.147 e. The Labute approximate surface area is 93.8 Å². The number of hydrogen-bond donors (Lipinski definition) is 0. The molecule has 0 bridgehead atoms. The van der Waals surface area contributed by atoms with Crippen molar-refractivity contribution in [1.29, 1.82) is 0 Å². The lowest BCUT2D eigenvalue weighted by atomic mass is 10.1. The largest absolute Gasteiger partial charge is 0.489 e. The zero-order valence-corrected chi connectivity index (χ0v) is 9.45. The Bertz CT molecular complexity index is 477. The van der Waals surface area contributed by atoms with E-state index in [1.54, 1.807) is 12.4 Å². The number of ether oxygens (including phenoxy) is 1. The summed E-state index contributed by atoms with van der Waals surface area (Å²) in [6.07, 6.45) is 3.61. The van der Waals surface area contributed by atoms with E-state index >= 15 is 0 Å². The molecule has 0 amide bonds. The number of rotatable bonds is 2. The van der Waals surface area contributed by atoms with Crippen LogP contribution in [0.3, 0.4) is 0 Å². The molecule has 1 aromatic heterocycles. The third kappa shape index (κ3) is 2.05. The van der Waals surface area contributed by atoms with E-state index in [9.17, 15) is 0 Å². The van der Waals surface area contributed by atoms with Crippen LogP contribution >= 0.6 is 11.6 Å². The van der Waals surface area contributed by atoms with Gasteiger partial charge < -0.3 is 4.74 Å². The van der Waals surface area contributed by atoms with Crippen molar-refractivity contribution in [2.75, 3.05) is 0 Å². The number of benzene rings is 1. The highest BCUT2D eigenvalue weighted by atomic mass is 35.5. The van der Waals surface area contributed by atoms with Gasteiger partial charge in [-0.2, -0.15) is 0 Å². The highest BCUT2D eigenvalue weighted by molar-refractivity contribution is 6.36. The second-order valence-corrected chi connectivity index (χ2v) is 4.05. The Kier molecular flexibility index (Phi) is 2.78. The summed E-state index contributed by atoms with van der Waals surface area (Å²) in [7, 11) is 0. The van der Waals surface area contributed by atoms with Gasteiger partial charge >= 0.3 is 0 Å². The number of fused-ring (bicyclic) bond motifs is 1. The van der Waals surface area contributed by atoms with Gasteiger partial charge in [-0.3, -0.25) is 4.98 Å². The van der Waals surface area contributed by atoms with Crippen LogP contribution in [-0.2, 0) is 0 Å². The van der Waals surface area contributed by atoms with Gasteiger partial charge in [-0.25, -0.2) is 0 Å². The smallest absolute Gasteiger partial charge is 0.147 e. The zero-order chi connectivity index (χ0) is 10.8. The number of pyridine rings is 1. The van der Waals surface area contributed by atoms with Crippen molar-refractivity contribution >= 4 is 22.4 Å². The van der Waals surface area contributed by atoms with E-state index in [0.29, 0.717) is 5.02 Å². The molecule has 0 N–H and O–H groups in total. The van der Waals surface area contributed by atoms with Crippen molar-refractivity contribution in [2.24, 2.45) is 0 Å². The SMILES string of the molecule is CC(C)Oc1cncc2cccc(Cl)c12. The van der Waals surface area contributed by atoms with Crippen LogP contribution in [0.4, 0.5) is 0 Å². The van der Waals surface area contributed by atoms with Crippen molar-refractivity contribution in [3.05, 3.63) is 35.6 Å². The first kappa shape index (κ1) is 10.2. The molecular weight excluding hydrogens is 210 g/mol. The van der Waals surface area contributed by atoms with Crippen molar-refractivity contribution < 1.29 is 4.74 Å². The van der Waals surface area contributed by atoms with Crippen molar-refractivity contribution in [1.82, 2.24) is 4.98 Å². The summed E-state index contributed by atoms with van der Waals surface area (Å²) in [6, 6.07) is 5.74. The lowest BCUT2D eigenvalue weighted by Gasteiger charge is -2.12. The molecular formula is C12H12ClNO. The first-order valence-corrected chi connectivity index (χ1v) is 5.25. The normalized spacial score (nSPS) is 10.9. The third-order valence-electron chi connectivity index (χ3n) is 2.06. The number of hydrogen-bond acceptors (Lipinski definition) is 2. The number of nitrogens with zero attached hydrogens (tertiary/aromatic N) is 1. The van der Waals surface area contributed by atoms with E-state index in [0.717, 1.165) is 16.5 Å². The fourth-order valence-corrected chi connectivity index (χ4v) is 1.78. The minimum absolute atomic E-state index is 0.119. The van der Waals surface area contributed by atoms with E-state index in [-0.39, 0.29) is 6.10 Å². The van der Waals surface area contributed by atoms with Gasteiger partial charge in [-0.1, -0.05) is 23.7 Å². The van der Waals surface area contributed by atoms with Gasteiger partial charge in [0.25, 0.3) is 0 Å². The van der Waals surface area contributed by atoms with Gasteiger partial charge in [0.1, 0.15) is 5.75 Å². The molecule has 0 atom stereocenters. The minimum Gasteiger partial charge on any atom is -0.489 e. The maximum atomic E-state index is 6.14. The predicted octanol–water partition coefficient (Wildman–Crippen LogP) is 3.68. The molecule has 15 heavy (non-hydrogen) atoms. The molecule has 0 saturated heterocycles. The van der Waals surface area contributed by atoms with Crippen LogP contribution in [0.1, 0.15) is 13.8 Å². The predicted molar refractivity (Wildman–Crippen MR) is 62.5 cm³/mol. The molecule has 0 spiro atoms. The van der Waals surface area contributed by atoms with Crippen molar-refractivity contribution in [3.63, 3.8) is 0 Å². The van der Waals surface area contributed by atoms with Crippen LogP contribution in [-0.4, -0.2) is 11.1 Å². The molecule has 3 heteroatoms. The van der Waals surface area contributed by atoms with Gasteiger partial charge in [0, 0.05) is 17.0 Å². The highest BCUT2D eigenvalue weighted by Crippen LogP contribution is 2.31. The fraction of sp³-hybridized carbons (Fsp3) is 0.250. The van der Waals surface area contributed by atoms with Crippen LogP contribution in [0.15, 0.2) is 30.6 Å². The summed E-state index contributed by atoms with van der Waals surface area (Å²) in [5, 5.41) is 2.63. The van der Waals surface area contributed by atoms with Crippen LogP contribution in [0, 0.1) is 0 Å². The van der Waals surface area contributed by atoms with Crippen LogP contribution in [0.25, 0.3) is 10.8 Å². The monoisotopic (exact) mass is 221 g/mol. The van der Waals surface area contributed by atoms with E-state index in [1.165, 1.54) is 0 Å². The summed E-state index contributed by atoms with van der Waals surface area (Å²) >= 11 is 6.14. The summed E-state index contributed by atoms with van der Waals surface area (Å²) in [5.41, 5.74) is 0. The summed E-state index contributed by atoms with van der Waals surface area (Å²) in [6.45, 7) is 3.96. The zero-order valence-electron chi connectivity index (χ0n) is 8.70. The molecule has 0 aliphatic heterocycles. The topological polar surface area (TPSA) is 22.1 Å². The van der Waals surface area contributed by atoms with E-state index < -0.39 is 0 Å². The Morgan fingerprint density at radius 2 is 2.07 bits per heavy atom. The summed E-state index contributed by atoms with van der Waals surface area (Å²) < 4.78 is 5.66. The molecule has 1 aromatic carbocycles. The van der Waals surface area contributed by atoms with Gasteiger partial charge in [0.05, 0.1) is 17.3 Å². The van der Waals surface area contributed by atoms with Gasteiger partial charge in [0.2, 0.25) is 0 Å². The molecule has 0 fully saturated rings. The summed E-state index contributed by atoms with van der Waals surface area (Å²) in [5.74, 6) is 0.744. The first-order valence-electron chi connectivity index (χ1n) is 4.87. The quantitative estimate of drug-likeness (QED) is 0.772. The molecule has 0 radical (unpaired) electrons. The van der Waals surface area contributed by atoms with Gasteiger partial charge in [-0.15, -0.1) is 0 Å². The van der Waals surface area contributed by atoms with Gasteiger partial charge in [0.15, 0.2) is 0 Å². The standard InChI is InChI=1S/C12H12ClNO/c1-8(2)15-11-7-14-6-9-4-3-5-10(13)12(9)11/h3-8H,1-2H3. The summed E-state index contributed by atoms with van der Waals surface area (Å²) in [4.78, 5) is 4.12. The Balaban J connectivity index is 2.63. The number of aromatic nitrogens is 1. The second kappa shape index (κ2) is 4.07. The van der Waals surface area contributed by atoms with E-state index in [2.05, 4.69) is 4.98 Å². The van der Waals surface area contributed by atoms with E-state index in [1.807, 2.05) is 32.0 Å². The third-order valence-corrected chi connectivity index (χ3v) is 2.38. The maximum absolute atomic E-state index is 6.14. The molecule has 1 heterocycles. The van der Waals surface area contributed by atoms with Crippen molar-refractivity contribution in [2.45, 2.75) is 20.0 Å². The first-order chi connectivity index (χ1) is 7.18. The molecule has 78 valence electrons. The molecule has 2 rings (SSSR count). The van der Waals surface area contributed by atoms with Gasteiger partial charge in [-0.05, 0) is 19.9 Å². The Morgan fingerprint density at radius 1 is 1.27 bits per heavy atom. The van der Waals surface area contributed by atoms with Crippen molar-refractivity contribution in [3.8, 4) is 5.75 Å². The van der Waals surface area contributed by atoms with Crippen LogP contribution in [0.5, 0.6) is 5.75 Å². The van der Waals surface area contributed by atoms with Crippen LogP contribution in [0.2, 0.25) is 5.02 Å². The second-order valence-electron chi connectivity index (χ2n) is 3.64. The Hall–Kier alpha value is -1.28. The lowest BCUT2D eigenvalue weighted by molar-refractivity contribution is 0.244. The molecule has 0 saturated carbocycles. The highest BCUT2D eigenvalue weighted by Gasteiger charge is 2.07. The number of halogens is 1. The molecule has 0 aliphatic carbocycles. The molecule has 0 unspecified atom stereocenters. The van der Waals surface area contributed by atoms with E-state index in [4.69, 9.17) is 16.3 Å². The Morgan fingerprint density at radius 3 is 2.80 bits per heavy atom. The van der Waals surface area contributed by atoms with Crippen LogP contribution < -0.4 is 4.74 Å². The molecule has 2 nitrogen and oxygen atoms in total. The lowest BCUT2D eigenvalue weighted by Crippen LogP contribution is -2.06. The minimum atomic E-state index is 0.119. The fourth-order valence-electron chi connectivity index (χ4n) is 1.50.